The highest BCUT2D eigenvalue weighted by atomic mass is 19.4. The molecule has 0 aromatic heterocycles. The van der Waals surface area contributed by atoms with E-state index in [1.807, 2.05) is 5.32 Å². The molecular weight excluding hydrogens is 266 g/mol. The van der Waals surface area contributed by atoms with Gasteiger partial charge >= 0.3 is 6.18 Å². The molecule has 1 heterocycles. The first-order chi connectivity index (χ1) is 8.77. The van der Waals surface area contributed by atoms with E-state index in [0.717, 1.165) is 6.07 Å². The van der Waals surface area contributed by atoms with Crippen molar-refractivity contribution in [3.63, 3.8) is 0 Å². The van der Waals surface area contributed by atoms with Gasteiger partial charge in [-0.05, 0) is 25.0 Å². The van der Waals surface area contributed by atoms with Gasteiger partial charge in [0.1, 0.15) is 5.82 Å². The van der Waals surface area contributed by atoms with E-state index in [0.29, 0.717) is 6.07 Å². The summed E-state index contributed by atoms with van der Waals surface area (Å²) in [6.07, 6.45) is -4.36. The summed E-state index contributed by atoms with van der Waals surface area (Å²) in [6.45, 7) is 0. The second-order valence-electron chi connectivity index (χ2n) is 4.71. The lowest BCUT2D eigenvalue weighted by Gasteiger charge is -2.25. The standard InChI is InChI=1S/C12H7F4NO2/c13-8-6(12(14,15)16)2-1-5-7(8)11(3-4-11)10(19)17-9(5)18/h1-2H,3-4H2,(H,17,18,19). The third-order valence-corrected chi connectivity index (χ3v) is 3.58. The van der Waals surface area contributed by atoms with Gasteiger partial charge in [-0.1, -0.05) is 0 Å². The van der Waals surface area contributed by atoms with Crippen molar-refractivity contribution in [1.82, 2.24) is 5.32 Å². The van der Waals surface area contributed by atoms with E-state index in [1.165, 1.54) is 0 Å². The molecule has 19 heavy (non-hydrogen) atoms. The minimum atomic E-state index is -4.85. The Morgan fingerprint density at radius 2 is 1.79 bits per heavy atom. The predicted molar refractivity (Wildman–Crippen MR) is 54.8 cm³/mol. The van der Waals surface area contributed by atoms with Gasteiger partial charge in [0, 0.05) is 11.1 Å². The molecule has 3 rings (SSSR count). The van der Waals surface area contributed by atoms with Gasteiger partial charge in [-0.2, -0.15) is 13.2 Å². The van der Waals surface area contributed by atoms with E-state index in [-0.39, 0.29) is 18.4 Å². The second kappa shape index (κ2) is 3.34. The quantitative estimate of drug-likeness (QED) is 0.581. The van der Waals surface area contributed by atoms with Crippen molar-refractivity contribution in [3.05, 3.63) is 34.6 Å². The number of carbonyl (C=O) groups is 2. The summed E-state index contributed by atoms with van der Waals surface area (Å²) < 4.78 is 52.1. The highest BCUT2D eigenvalue weighted by Gasteiger charge is 2.58. The molecule has 1 N–H and O–H groups in total. The topological polar surface area (TPSA) is 46.2 Å². The van der Waals surface area contributed by atoms with Gasteiger partial charge in [-0.15, -0.1) is 0 Å². The molecule has 1 fully saturated rings. The second-order valence-corrected chi connectivity index (χ2v) is 4.71. The number of imide groups is 1. The summed E-state index contributed by atoms with van der Waals surface area (Å²) in [5.41, 5.74) is -3.34. The smallest absolute Gasteiger partial charge is 0.292 e. The maximum Gasteiger partial charge on any atom is 0.419 e. The van der Waals surface area contributed by atoms with Crippen molar-refractivity contribution in [3.8, 4) is 0 Å². The number of carbonyl (C=O) groups excluding carboxylic acids is 2. The molecule has 0 saturated heterocycles. The third kappa shape index (κ3) is 1.50. The van der Waals surface area contributed by atoms with E-state index in [4.69, 9.17) is 0 Å². The molecule has 0 radical (unpaired) electrons. The fraction of sp³-hybridized carbons (Fsp3) is 0.333. The number of nitrogens with one attached hydrogen (secondary N) is 1. The first-order valence-corrected chi connectivity index (χ1v) is 5.53. The Bertz CT molecular complexity index is 617. The minimum absolute atomic E-state index is 0.192. The Morgan fingerprint density at radius 1 is 1.16 bits per heavy atom. The zero-order chi connectivity index (χ0) is 14.0. The number of alkyl halides is 3. The van der Waals surface area contributed by atoms with Crippen LogP contribution in [0.4, 0.5) is 17.6 Å². The Hall–Kier alpha value is -1.92. The fourth-order valence-electron chi connectivity index (χ4n) is 2.46. The molecule has 1 aromatic carbocycles. The van der Waals surface area contributed by atoms with Crippen molar-refractivity contribution in [1.29, 1.82) is 0 Å². The molecule has 0 unspecified atom stereocenters. The summed E-state index contributed by atoms with van der Waals surface area (Å²) in [5.74, 6) is -3.08. The van der Waals surface area contributed by atoms with Gasteiger partial charge in [0.2, 0.25) is 5.91 Å². The number of amides is 2. The van der Waals surface area contributed by atoms with Crippen LogP contribution in [-0.4, -0.2) is 11.8 Å². The van der Waals surface area contributed by atoms with Crippen molar-refractivity contribution < 1.29 is 27.2 Å². The molecule has 1 aliphatic heterocycles. The average molecular weight is 273 g/mol. The molecule has 7 heteroatoms. The Morgan fingerprint density at radius 3 is 2.32 bits per heavy atom. The van der Waals surface area contributed by atoms with Crippen LogP contribution in [0.3, 0.4) is 0 Å². The van der Waals surface area contributed by atoms with E-state index >= 15 is 0 Å². The molecule has 1 spiro atoms. The van der Waals surface area contributed by atoms with Gasteiger partial charge in [-0.3, -0.25) is 14.9 Å². The summed E-state index contributed by atoms with van der Waals surface area (Å²) in [7, 11) is 0. The van der Waals surface area contributed by atoms with Gasteiger partial charge in [0.25, 0.3) is 5.91 Å². The van der Waals surface area contributed by atoms with Gasteiger partial charge < -0.3 is 0 Å². The molecule has 0 atom stereocenters. The number of hydrogen-bond acceptors (Lipinski definition) is 2. The van der Waals surface area contributed by atoms with E-state index in [2.05, 4.69) is 0 Å². The number of fused-ring (bicyclic) bond motifs is 2. The number of rotatable bonds is 0. The normalized spacial score (nSPS) is 20.2. The van der Waals surface area contributed by atoms with Crippen molar-refractivity contribution in [2.45, 2.75) is 24.4 Å². The first kappa shape index (κ1) is 12.1. The Kier molecular flexibility index (Phi) is 2.13. The average Bonchev–Trinajstić information content (AvgIpc) is 3.06. The van der Waals surface area contributed by atoms with Gasteiger partial charge in [-0.25, -0.2) is 4.39 Å². The van der Waals surface area contributed by atoms with Crippen LogP contribution in [0.5, 0.6) is 0 Å². The Balaban J connectivity index is 2.30. The van der Waals surface area contributed by atoms with Gasteiger partial charge in [0.05, 0.1) is 11.0 Å². The monoisotopic (exact) mass is 273 g/mol. The lowest BCUT2D eigenvalue weighted by atomic mass is 9.85. The molecule has 2 aliphatic rings. The highest BCUT2D eigenvalue weighted by molar-refractivity contribution is 6.14. The molecule has 100 valence electrons. The number of hydrogen-bond donors (Lipinski definition) is 1. The van der Waals surface area contributed by atoms with Crippen LogP contribution >= 0.6 is 0 Å². The van der Waals surface area contributed by atoms with E-state index in [9.17, 15) is 27.2 Å². The predicted octanol–water partition coefficient (Wildman–Crippen LogP) is 2.15. The Labute approximate surface area is 104 Å². The van der Waals surface area contributed by atoms with Crippen LogP contribution in [0.15, 0.2) is 12.1 Å². The fourth-order valence-corrected chi connectivity index (χ4v) is 2.46. The lowest BCUT2D eigenvalue weighted by Crippen LogP contribution is -2.45. The molecular formula is C12H7F4NO2. The van der Waals surface area contributed by atoms with E-state index < -0.39 is 40.3 Å². The maximum atomic E-state index is 14.1. The van der Waals surface area contributed by atoms with Crippen LogP contribution in [0.2, 0.25) is 0 Å². The minimum Gasteiger partial charge on any atom is -0.292 e. The van der Waals surface area contributed by atoms with E-state index in [1.54, 1.807) is 0 Å². The molecule has 0 bridgehead atoms. The summed E-state index contributed by atoms with van der Waals surface area (Å²) in [4.78, 5) is 23.2. The van der Waals surface area contributed by atoms with Crippen molar-refractivity contribution in [2.75, 3.05) is 0 Å². The number of halogens is 4. The number of benzene rings is 1. The third-order valence-electron chi connectivity index (χ3n) is 3.58. The van der Waals surface area contributed by atoms with Crippen LogP contribution in [0.1, 0.15) is 34.3 Å². The molecule has 1 aliphatic carbocycles. The van der Waals surface area contributed by atoms with Crippen LogP contribution in [0.25, 0.3) is 0 Å². The SMILES string of the molecule is O=C1NC(=O)C2(CC2)c2c1ccc(C(F)(F)F)c2F. The molecule has 3 nitrogen and oxygen atoms in total. The summed E-state index contributed by atoms with van der Waals surface area (Å²) >= 11 is 0. The van der Waals surface area contributed by atoms with Crippen LogP contribution in [0, 0.1) is 5.82 Å². The van der Waals surface area contributed by atoms with Crippen LogP contribution in [-0.2, 0) is 16.4 Å². The van der Waals surface area contributed by atoms with Crippen molar-refractivity contribution >= 4 is 11.8 Å². The lowest BCUT2D eigenvalue weighted by molar-refractivity contribution is -0.140. The molecule has 1 aromatic rings. The molecule has 1 saturated carbocycles. The zero-order valence-corrected chi connectivity index (χ0v) is 9.40. The summed E-state index contributed by atoms with van der Waals surface area (Å²) in [5, 5.41) is 2.05. The highest BCUT2D eigenvalue weighted by Crippen LogP contribution is 2.53. The van der Waals surface area contributed by atoms with Gasteiger partial charge in [0.15, 0.2) is 0 Å². The molecule has 2 amide bonds. The zero-order valence-electron chi connectivity index (χ0n) is 9.40. The van der Waals surface area contributed by atoms with Crippen molar-refractivity contribution in [2.24, 2.45) is 0 Å². The first-order valence-electron chi connectivity index (χ1n) is 5.53. The largest absolute Gasteiger partial charge is 0.419 e. The maximum absolute atomic E-state index is 14.1. The van der Waals surface area contributed by atoms with Crippen LogP contribution < -0.4 is 5.32 Å². The summed E-state index contributed by atoms with van der Waals surface area (Å²) in [6, 6.07) is 1.45.